The standard InChI is InChI=1S/C10H16BrN3/c1-8-4-5-12-10(9(8)11)13-6-7-14(2)3/h4-5H,6-7H2,1-3H3,(H,12,13). The summed E-state index contributed by atoms with van der Waals surface area (Å²) in [4.78, 5) is 6.40. The highest BCUT2D eigenvalue weighted by atomic mass is 79.9. The molecular weight excluding hydrogens is 242 g/mol. The minimum absolute atomic E-state index is 0.905. The van der Waals surface area contributed by atoms with E-state index in [1.54, 1.807) is 0 Å². The van der Waals surface area contributed by atoms with Crippen molar-refractivity contribution in [3.05, 3.63) is 22.3 Å². The lowest BCUT2D eigenvalue weighted by molar-refractivity contribution is 0.425. The van der Waals surface area contributed by atoms with Crippen molar-refractivity contribution in [1.29, 1.82) is 0 Å². The van der Waals surface area contributed by atoms with E-state index in [4.69, 9.17) is 0 Å². The van der Waals surface area contributed by atoms with Crippen LogP contribution in [0, 0.1) is 6.92 Å². The van der Waals surface area contributed by atoms with Crippen LogP contribution in [0.4, 0.5) is 5.82 Å². The molecule has 78 valence electrons. The summed E-state index contributed by atoms with van der Waals surface area (Å²) < 4.78 is 1.05. The van der Waals surface area contributed by atoms with E-state index in [0.717, 1.165) is 23.4 Å². The third-order valence-corrected chi connectivity index (χ3v) is 2.93. The number of aromatic nitrogens is 1. The van der Waals surface area contributed by atoms with Crippen molar-refractivity contribution in [1.82, 2.24) is 9.88 Å². The van der Waals surface area contributed by atoms with E-state index in [9.17, 15) is 0 Å². The molecule has 0 saturated carbocycles. The quantitative estimate of drug-likeness (QED) is 0.896. The van der Waals surface area contributed by atoms with E-state index in [1.807, 2.05) is 12.3 Å². The Morgan fingerprint density at radius 1 is 1.50 bits per heavy atom. The maximum Gasteiger partial charge on any atom is 0.140 e. The van der Waals surface area contributed by atoms with Crippen LogP contribution in [0.3, 0.4) is 0 Å². The van der Waals surface area contributed by atoms with E-state index in [-0.39, 0.29) is 0 Å². The predicted molar refractivity (Wildman–Crippen MR) is 63.7 cm³/mol. The Kier molecular flexibility index (Phi) is 4.35. The molecule has 1 rings (SSSR count). The topological polar surface area (TPSA) is 28.2 Å². The molecule has 0 aliphatic carbocycles. The Labute approximate surface area is 93.7 Å². The molecule has 0 fully saturated rings. The van der Waals surface area contributed by atoms with Gasteiger partial charge in [-0.3, -0.25) is 0 Å². The Morgan fingerprint density at radius 2 is 2.21 bits per heavy atom. The third kappa shape index (κ3) is 3.27. The van der Waals surface area contributed by atoms with Gasteiger partial charge in [0, 0.05) is 19.3 Å². The van der Waals surface area contributed by atoms with Crippen molar-refractivity contribution in [2.24, 2.45) is 0 Å². The normalized spacial score (nSPS) is 10.6. The van der Waals surface area contributed by atoms with Gasteiger partial charge in [-0.2, -0.15) is 0 Å². The number of nitrogens with zero attached hydrogens (tertiary/aromatic N) is 2. The van der Waals surface area contributed by atoms with E-state index in [2.05, 4.69) is 52.1 Å². The summed E-state index contributed by atoms with van der Waals surface area (Å²) in [7, 11) is 4.11. The van der Waals surface area contributed by atoms with Gasteiger partial charge in [0.05, 0.1) is 4.47 Å². The van der Waals surface area contributed by atoms with Gasteiger partial charge in [-0.05, 0) is 48.6 Å². The largest absolute Gasteiger partial charge is 0.368 e. The Hall–Kier alpha value is -0.610. The second kappa shape index (κ2) is 5.32. The third-order valence-electron chi connectivity index (χ3n) is 1.93. The lowest BCUT2D eigenvalue weighted by Crippen LogP contribution is -2.21. The average molecular weight is 258 g/mol. The van der Waals surface area contributed by atoms with Crippen molar-refractivity contribution in [2.75, 3.05) is 32.5 Å². The molecule has 4 heteroatoms. The van der Waals surface area contributed by atoms with Gasteiger partial charge >= 0.3 is 0 Å². The summed E-state index contributed by atoms with van der Waals surface area (Å²) in [5, 5.41) is 3.29. The molecule has 1 aromatic rings. The first-order valence-electron chi connectivity index (χ1n) is 4.61. The second-order valence-electron chi connectivity index (χ2n) is 3.52. The number of nitrogens with one attached hydrogen (secondary N) is 1. The van der Waals surface area contributed by atoms with Gasteiger partial charge in [-0.15, -0.1) is 0 Å². The molecule has 0 unspecified atom stereocenters. The number of hydrogen-bond acceptors (Lipinski definition) is 3. The smallest absolute Gasteiger partial charge is 0.140 e. The first-order valence-corrected chi connectivity index (χ1v) is 5.40. The van der Waals surface area contributed by atoms with Gasteiger partial charge in [-0.1, -0.05) is 0 Å². The van der Waals surface area contributed by atoms with E-state index in [0.29, 0.717) is 0 Å². The lowest BCUT2D eigenvalue weighted by Gasteiger charge is -2.12. The van der Waals surface area contributed by atoms with Crippen molar-refractivity contribution in [3.8, 4) is 0 Å². The van der Waals surface area contributed by atoms with Gasteiger partial charge < -0.3 is 10.2 Å². The fraction of sp³-hybridized carbons (Fsp3) is 0.500. The molecule has 1 aromatic heterocycles. The number of hydrogen-bond donors (Lipinski definition) is 1. The molecule has 0 aliphatic rings. The molecule has 1 N–H and O–H groups in total. The highest BCUT2D eigenvalue weighted by Gasteiger charge is 2.02. The summed E-state index contributed by atoms with van der Waals surface area (Å²) >= 11 is 3.51. The van der Waals surface area contributed by atoms with Gasteiger partial charge in [0.1, 0.15) is 5.82 Å². The number of halogens is 1. The zero-order chi connectivity index (χ0) is 10.6. The molecule has 1 heterocycles. The van der Waals surface area contributed by atoms with E-state index < -0.39 is 0 Å². The SMILES string of the molecule is Cc1ccnc(NCCN(C)C)c1Br. The average Bonchev–Trinajstić information content (AvgIpc) is 2.12. The molecule has 0 saturated heterocycles. The summed E-state index contributed by atoms with van der Waals surface area (Å²) in [6.07, 6.45) is 1.82. The van der Waals surface area contributed by atoms with E-state index >= 15 is 0 Å². The molecule has 0 spiro atoms. The predicted octanol–water partition coefficient (Wildman–Crippen LogP) is 2.13. The van der Waals surface area contributed by atoms with Crippen LogP contribution in [0.25, 0.3) is 0 Å². The highest BCUT2D eigenvalue weighted by Crippen LogP contribution is 2.22. The van der Waals surface area contributed by atoms with Crippen LogP contribution in [-0.2, 0) is 0 Å². The molecule has 3 nitrogen and oxygen atoms in total. The van der Waals surface area contributed by atoms with Crippen LogP contribution >= 0.6 is 15.9 Å². The van der Waals surface area contributed by atoms with Gasteiger partial charge in [-0.25, -0.2) is 4.98 Å². The molecule has 14 heavy (non-hydrogen) atoms. The highest BCUT2D eigenvalue weighted by molar-refractivity contribution is 9.10. The number of aryl methyl sites for hydroxylation is 1. The first-order chi connectivity index (χ1) is 6.61. The van der Waals surface area contributed by atoms with Gasteiger partial charge in [0.2, 0.25) is 0 Å². The Morgan fingerprint density at radius 3 is 2.86 bits per heavy atom. The summed E-state index contributed by atoms with van der Waals surface area (Å²) in [5.74, 6) is 0.923. The molecular formula is C10H16BrN3. The van der Waals surface area contributed by atoms with Crippen LogP contribution < -0.4 is 5.32 Å². The van der Waals surface area contributed by atoms with E-state index in [1.165, 1.54) is 5.56 Å². The Balaban J connectivity index is 2.54. The molecule has 0 radical (unpaired) electrons. The van der Waals surface area contributed by atoms with Crippen molar-refractivity contribution < 1.29 is 0 Å². The number of anilines is 1. The van der Waals surface area contributed by atoms with Crippen LogP contribution in [0.5, 0.6) is 0 Å². The second-order valence-corrected chi connectivity index (χ2v) is 4.31. The van der Waals surface area contributed by atoms with Crippen LogP contribution in [0.1, 0.15) is 5.56 Å². The number of likely N-dealkylation sites (N-methyl/N-ethyl adjacent to an activating group) is 1. The Bertz CT molecular complexity index is 299. The summed E-state index contributed by atoms with van der Waals surface area (Å²) in [5.41, 5.74) is 1.20. The fourth-order valence-corrected chi connectivity index (χ4v) is 1.44. The first kappa shape index (κ1) is 11.5. The number of pyridine rings is 1. The molecule has 0 amide bonds. The molecule has 0 aromatic carbocycles. The van der Waals surface area contributed by atoms with Crippen molar-refractivity contribution in [2.45, 2.75) is 6.92 Å². The summed E-state index contributed by atoms with van der Waals surface area (Å²) in [6.45, 7) is 3.97. The lowest BCUT2D eigenvalue weighted by atomic mass is 10.3. The van der Waals surface area contributed by atoms with Gasteiger partial charge in [0.15, 0.2) is 0 Å². The monoisotopic (exact) mass is 257 g/mol. The molecule has 0 bridgehead atoms. The van der Waals surface area contributed by atoms with Crippen LogP contribution in [0.15, 0.2) is 16.7 Å². The summed E-state index contributed by atoms with van der Waals surface area (Å²) in [6, 6.07) is 1.99. The van der Waals surface area contributed by atoms with Crippen LogP contribution in [0.2, 0.25) is 0 Å². The zero-order valence-corrected chi connectivity index (χ0v) is 10.4. The molecule has 0 atom stereocenters. The van der Waals surface area contributed by atoms with Crippen molar-refractivity contribution in [3.63, 3.8) is 0 Å². The molecule has 0 aliphatic heterocycles. The van der Waals surface area contributed by atoms with Crippen molar-refractivity contribution >= 4 is 21.7 Å². The number of rotatable bonds is 4. The maximum atomic E-state index is 4.26. The zero-order valence-electron chi connectivity index (χ0n) is 8.84. The minimum Gasteiger partial charge on any atom is -0.368 e. The van der Waals surface area contributed by atoms with Crippen LogP contribution in [-0.4, -0.2) is 37.1 Å². The van der Waals surface area contributed by atoms with Gasteiger partial charge in [0.25, 0.3) is 0 Å². The maximum absolute atomic E-state index is 4.26. The fourth-order valence-electron chi connectivity index (χ4n) is 1.06. The minimum atomic E-state index is 0.905.